The van der Waals surface area contributed by atoms with Crippen LogP contribution in [0.15, 0.2) is 73.3 Å². The van der Waals surface area contributed by atoms with Gasteiger partial charge in [0.2, 0.25) is 11.9 Å². The maximum Gasteiger partial charge on any atom is 0.228 e. The van der Waals surface area contributed by atoms with Gasteiger partial charge in [0.25, 0.3) is 0 Å². The van der Waals surface area contributed by atoms with Crippen LogP contribution in [0.3, 0.4) is 0 Å². The van der Waals surface area contributed by atoms with E-state index in [4.69, 9.17) is 4.98 Å². The molecule has 6 rings (SSSR count). The lowest BCUT2D eigenvalue weighted by atomic mass is 9.96. The van der Waals surface area contributed by atoms with Crippen molar-refractivity contribution in [1.82, 2.24) is 24.9 Å². The summed E-state index contributed by atoms with van der Waals surface area (Å²) >= 11 is 0. The van der Waals surface area contributed by atoms with Crippen LogP contribution in [0.5, 0.6) is 0 Å². The van der Waals surface area contributed by atoms with Crippen LogP contribution in [0.2, 0.25) is 0 Å². The Bertz CT molecular complexity index is 1370. The first kappa shape index (κ1) is 26.1. The third kappa shape index (κ3) is 6.04. The molecule has 0 radical (unpaired) electrons. The fourth-order valence-corrected chi connectivity index (χ4v) is 5.51. The van der Waals surface area contributed by atoms with Crippen LogP contribution < -0.4 is 14.7 Å². The number of aliphatic hydroxyl groups is 1. The summed E-state index contributed by atoms with van der Waals surface area (Å²) in [5.41, 5.74) is 4.69. The summed E-state index contributed by atoms with van der Waals surface area (Å²) in [6.07, 6.45) is 7.85. The molecule has 206 valence electrons. The molecule has 0 unspecified atom stereocenters. The standard InChI is InChI=1S/C31H36N8O/c1-23(25-6-3-2-4-7-25)26-19-32-30(33-20-26)37-14-16-38(17-15-37)31-35-22-34-29(36-31)18-24-9-11-27(12-10-24)39-13-5-8-28(40)21-39/h2-4,6-7,9-12,19-20,22-23,28,40H,5,8,13-18,21H2,1H3/t23-,28-/m1/s1. The lowest BCUT2D eigenvalue weighted by Gasteiger charge is -2.34. The topological polar surface area (TPSA) is 94.4 Å². The highest BCUT2D eigenvalue weighted by atomic mass is 16.3. The molecule has 40 heavy (non-hydrogen) atoms. The van der Waals surface area contributed by atoms with Gasteiger partial charge in [0.1, 0.15) is 12.2 Å². The van der Waals surface area contributed by atoms with Crippen LogP contribution in [0, 0.1) is 0 Å². The van der Waals surface area contributed by atoms with Gasteiger partial charge in [-0.1, -0.05) is 49.4 Å². The van der Waals surface area contributed by atoms with Crippen molar-refractivity contribution in [2.24, 2.45) is 0 Å². The van der Waals surface area contributed by atoms with Crippen molar-refractivity contribution in [2.75, 3.05) is 54.0 Å². The molecule has 0 amide bonds. The second kappa shape index (κ2) is 12.0. The van der Waals surface area contributed by atoms with Crippen molar-refractivity contribution in [3.8, 4) is 0 Å². The highest BCUT2D eigenvalue weighted by Gasteiger charge is 2.22. The summed E-state index contributed by atoms with van der Waals surface area (Å²) in [4.78, 5) is 29.7. The van der Waals surface area contributed by atoms with Crippen molar-refractivity contribution in [1.29, 1.82) is 0 Å². The Kier molecular flexibility index (Phi) is 7.81. The Morgan fingerprint density at radius 2 is 1.48 bits per heavy atom. The summed E-state index contributed by atoms with van der Waals surface area (Å²) in [5.74, 6) is 2.51. The summed E-state index contributed by atoms with van der Waals surface area (Å²) in [6, 6.07) is 19.0. The van der Waals surface area contributed by atoms with E-state index in [1.807, 2.05) is 18.5 Å². The molecule has 0 aliphatic carbocycles. The second-order valence-electron chi connectivity index (χ2n) is 10.7. The van der Waals surface area contributed by atoms with Crippen molar-refractivity contribution in [2.45, 2.75) is 38.2 Å². The Hall–Kier alpha value is -4.11. The average Bonchev–Trinajstić information content (AvgIpc) is 3.02. The third-order valence-corrected chi connectivity index (χ3v) is 7.97. The monoisotopic (exact) mass is 536 g/mol. The van der Waals surface area contributed by atoms with E-state index in [-0.39, 0.29) is 12.0 Å². The minimum Gasteiger partial charge on any atom is -0.391 e. The second-order valence-corrected chi connectivity index (χ2v) is 10.7. The molecule has 0 saturated carbocycles. The first-order valence-corrected chi connectivity index (χ1v) is 14.2. The summed E-state index contributed by atoms with van der Waals surface area (Å²) in [5, 5.41) is 9.98. The number of nitrogens with zero attached hydrogens (tertiary/aromatic N) is 8. The molecule has 4 heterocycles. The van der Waals surface area contributed by atoms with Crippen molar-refractivity contribution < 1.29 is 5.11 Å². The average molecular weight is 537 g/mol. The van der Waals surface area contributed by atoms with E-state index in [2.05, 4.69) is 90.1 Å². The molecule has 2 aliphatic rings. The lowest BCUT2D eigenvalue weighted by molar-refractivity contribution is 0.154. The van der Waals surface area contributed by atoms with Crippen LogP contribution in [0.25, 0.3) is 0 Å². The Balaban J connectivity index is 1.04. The number of aliphatic hydroxyl groups excluding tert-OH is 1. The molecular formula is C31H36N8O. The molecule has 2 aromatic carbocycles. The first-order valence-electron chi connectivity index (χ1n) is 14.2. The molecule has 4 aromatic rings. The Morgan fingerprint density at radius 1 is 0.775 bits per heavy atom. The lowest BCUT2D eigenvalue weighted by Crippen LogP contribution is -2.47. The van der Waals surface area contributed by atoms with Gasteiger partial charge in [-0.2, -0.15) is 4.98 Å². The molecule has 2 atom stereocenters. The van der Waals surface area contributed by atoms with Gasteiger partial charge in [-0.3, -0.25) is 0 Å². The molecule has 1 N–H and O–H groups in total. The zero-order valence-electron chi connectivity index (χ0n) is 23.0. The molecule has 0 bridgehead atoms. The zero-order valence-corrected chi connectivity index (χ0v) is 23.0. The van der Waals surface area contributed by atoms with Gasteiger partial charge in [0.15, 0.2) is 0 Å². The Morgan fingerprint density at radius 3 is 2.17 bits per heavy atom. The number of piperidine rings is 1. The smallest absolute Gasteiger partial charge is 0.228 e. The van der Waals surface area contributed by atoms with Gasteiger partial charge < -0.3 is 19.8 Å². The molecule has 2 saturated heterocycles. The van der Waals surface area contributed by atoms with E-state index >= 15 is 0 Å². The van der Waals surface area contributed by atoms with E-state index in [1.165, 1.54) is 5.56 Å². The van der Waals surface area contributed by atoms with Crippen molar-refractivity contribution in [3.05, 3.63) is 95.8 Å². The van der Waals surface area contributed by atoms with E-state index in [0.717, 1.165) is 80.1 Å². The van der Waals surface area contributed by atoms with E-state index in [1.54, 1.807) is 6.33 Å². The number of β-amino-alcohol motifs (C(OH)–C–C–N with tert-alkyl or cyclic N) is 1. The van der Waals surface area contributed by atoms with E-state index < -0.39 is 0 Å². The molecule has 9 heteroatoms. The van der Waals surface area contributed by atoms with E-state index in [0.29, 0.717) is 13.0 Å². The zero-order chi connectivity index (χ0) is 27.3. The maximum atomic E-state index is 9.98. The summed E-state index contributed by atoms with van der Waals surface area (Å²) in [7, 11) is 0. The predicted molar refractivity (Wildman–Crippen MR) is 157 cm³/mol. The number of piperazine rings is 1. The van der Waals surface area contributed by atoms with Gasteiger partial charge in [0.05, 0.1) is 6.10 Å². The number of anilines is 3. The fourth-order valence-electron chi connectivity index (χ4n) is 5.51. The predicted octanol–water partition coefficient (Wildman–Crippen LogP) is 3.69. The summed E-state index contributed by atoms with van der Waals surface area (Å²) in [6.45, 7) is 7.09. The number of benzene rings is 2. The number of hydrogen-bond acceptors (Lipinski definition) is 9. The van der Waals surface area contributed by atoms with Gasteiger partial charge >= 0.3 is 0 Å². The number of aromatic nitrogens is 5. The van der Waals surface area contributed by atoms with Crippen LogP contribution in [-0.4, -0.2) is 75.4 Å². The van der Waals surface area contributed by atoms with Crippen molar-refractivity contribution >= 4 is 17.6 Å². The number of rotatable bonds is 7. The molecule has 9 nitrogen and oxygen atoms in total. The van der Waals surface area contributed by atoms with Crippen LogP contribution >= 0.6 is 0 Å². The molecular weight excluding hydrogens is 500 g/mol. The fraction of sp³-hybridized carbons (Fsp3) is 0.387. The molecule has 2 aliphatic heterocycles. The molecule has 2 aromatic heterocycles. The molecule has 0 spiro atoms. The maximum absolute atomic E-state index is 9.98. The van der Waals surface area contributed by atoms with E-state index in [9.17, 15) is 5.11 Å². The summed E-state index contributed by atoms with van der Waals surface area (Å²) < 4.78 is 0. The van der Waals surface area contributed by atoms with Gasteiger partial charge in [-0.25, -0.2) is 19.9 Å². The highest BCUT2D eigenvalue weighted by Crippen LogP contribution is 2.24. The highest BCUT2D eigenvalue weighted by molar-refractivity contribution is 5.48. The minimum atomic E-state index is -0.235. The minimum absolute atomic E-state index is 0.235. The largest absolute Gasteiger partial charge is 0.391 e. The van der Waals surface area contributed by atoms with Gasteiger partial charge in [-0.05, 0) is 41.7 Å². The van der Waals surface area contributed by atoms with Gasteiger partial charge in [-0.15, -0.1) is 0 Å². The van der Waals surface area contributed by atoms with Gasteiger partial charge in [0, 0.05) is 69.7 Å². The van der Waals surface area contributed by atoms with Crippen LogP contribution in [-0.2, 0) is 6.42 Å². The Labute approximate surface area is 235 Å². The SMILES string of the molecule is C[C@H](c1ccccc1)c1cnc(N2CCN(c3ncnc(Cc4ccc(N5CCC[C@@H](O)C5)cc4)n3)CC2)nc1. The third-order valence-electron chi connectivity index (χ3n) is 7.97. The number of hydrogen-bond donors (Lipinski definition) is 1. The van der Waals surface area contributed by atoms with Crippen LogP contribution in [0.1, 0.15) is 48.2 Å². The first-order chi connectivity index (χ1) is 19.6. The quantitative estimate of drug-likeness (QED) is 0.379. The normalized spacial score (nSPS) is 18.6. The van der Waals surface area contributed by atoms with Crippen molar-refractivity contribution in [3.63, 3.8) is 0 Å². The van der Waals surface area contributed by atoms with Crippen LogP contribution in [0.4, 0.5) is 17.6 Å². The molecule has 2 fully saturated rings.